The van der Waals surface area contributed by atoms with Gasteiger partial charge in [-0.15, -0.1) is 11.3 Å². The summed E-state index contributed by atoms with van der Waals surface area (Å²) in [5, 5.41) is 1.69. The lowest BCUT2D eigenvalue weighted by Crippen LogP contribution is -2.24. The van der Waals surface area contributed by atoms with Crippen LogP contribution in [-0.4, -0.2) is 15.3 Å². The summed E-state index contributed by atoms with van der Waals surface area (Å²) < 4.78 is 1.88. The minimum Gasteiger partial charge on any atom is -0.287 e. The molecule has 0 spiro atoms. The molecule has 1 aliphatic rings. The Morgan fingerprint density at radius 1 is 1.31 bits per heavy atom. The largest absolute Gasteiger partial charge is 0.287 e. The van der Waals surface area contributed by atoms with Crippen molar-refractivity contribution in [3.05, 3.63) is 68.8 Å². The van der Waals surface area contributed by atoms with Crippen molar-refractivity contribution >= 4 is 33.3 Å². The fourth-order valence-electron chi connectivity index (χ4n) is 3.44. The third-order valence-electron chi connectivity index (χ3n) is 4.70. The number of aromatic nitrogens is 2. The van der Waals surface area contributed by atoms with Crippen molar-refractivity contribution in [2.45, 2.75) is 44.3 Å². The van der Waals surface area contributed by atoms with Crippen molar-refractivity contribution in [3.8, 4) is 0 Å². The number of aryl methyl sites for hydroxylation is 3. The van der Waals surface area contributed by atoms with E-state index >= 15 is 0 Å². The minimum absolute atomic E-state index is 0.134. The summed E-state index contributed by atoms with van der Waals surface area (Å²) in [5.41, 5.74) is 3.72. The van der Waals surface area contributed by atoms with E-state index in [0.29, 0.717) is 6.54 Å². The molecule has 134 valence electrons. The maximum absolute atomic E-state index is 13.3. The molecule has 0 atom stereocenters. The topological polar surface area (TPSA) is 34.9 Å². The van der Waals surface area contributed by atoms with E-state index in [1.54, 1.807) is 23.1 Å². The summed E-state index contributed by atoms with van der Waals surface area (Å²) in [6.45, 7) is 6.66. The van der Waals surface area contributed by atoms with Gasteiger partial charge in [-0.2, -0.15) is 0 Å². The van der Waals surface area contributed by atoms with Gasteiger partial charge < -0.3 is 0 Å². The first-order valence-electron chi connectivity index (χ1n) is 8.99. The summed E-state index contributed by atoms with van der Waals surface area (Å²) in [6.07, 6.45) is 4.10. The first kappa shape index (κ1) is 17.6. The molecule has 26 heavy (non-hydrogen) atoms. The van der Waals surface area contributed by atoms with Crippen LogP contribution in [0.25, 0.3) is 10.2 Å². The van der Waals surface area contributed by atoms with E-state index < -0.39 is 0 Å². The maximum atomic E-state index is 13.3. The van der Waals surface area contributed by atoms with Crippen molar-refractivity contribution in [2.75, 3.05) is 5.75 Å². The molecule has 1 aromatic carbocycles. The summed E-state index contributed by atoms with van der Waals surface area (Å²) in [4.78, 5) is 20.5. The van der Waals surface area contributed by atoms with E-state index in [1.165, 1.54) is 16.0 Å². The molecule has 0 amide bonds. The molecule has 0 radical (unpaired) electrons. The summed E-state index contributed by atoms with van der Waals surface area (Å²) in [7, 11) is 0. The molecule has 0 N–H and O–H groups in total. The van der Waals surface area contributed by atoms with Crippen LogP contribution in [0.4, 0.5) is 0 Å². The van der Waals surface area contributed by atoms with Crippen LogP contribution in [-0.2, 0) is 25.8 Å². The number of rotatable bonds is 6. The smallest absolute Gasteiger partial charge is 0.263 e. The van der Waals surface area contributed by atoms with Crippen molar-refractivity contribution in [1.82, 2.24) is 9.55 Å². The highest BCUT2D eigenvalue weighted by Gasteiger charge is 2.23. The third kappa shape index (κ3) is 3.38. The molecule has 3 nitrogen and oxygen atoms in total. The number of benzene rings is 1. The molecule has 0 bridgehead atoms. The van der Waals surface area contributed by atoms with E-state index in [9.17, 15) is 4.79 Å². The minimum atomic E-state index is 0.134. The number of fused-ring (bicyclic) bond motifs is 3. The highest BCUT2D eigenvalue weighted by atomic mass is 32.2. The number of thiophene rings is 1. The predicted octanol–water partition coefficient (Wildman–Crippen LogP) is 4.86. The lowest BCUT2D eigenvalue weighted by Gasteiger charge is -2.12. The van der Waals surface area contributed by atoms with Gasteiger partial charge in [0.15, 0.2) is 5.16 Å². The first-order valence-corrected chi connectivity index (χ1v) is 10.8. The second-order valence-electron chi connectivity index (χ2n) is 6.87. The van der Waals surface area contributed by atoms with Crippen LogP contribution in [0, 0.1) is 0 Å². The Balaban J connectivity index is 1.76. The normalized spacial score (nSPS) is 13.3. The monoisotopic (exact) mass is 382 g/mol. The van der Waals surface area contributed by atoms with Crippen LogP contribution in [0.1, 0.15) is 29.3 Å². The standard InChI is InChI=1S/C21H22N2OS2/c1-14(2)13-25-21-22-19-18(16-9-6-10-17(16)26-19)20(24)23(21)12-11-15-7-4-3-5-8-15/h3-5,7-8H,1,6,9-13H2,2H3. The molecular formula is C21H22N2OS2. The van der Waals surface area contributed by atoms with E-state index in [-0.39, 0.29) is 5.56 Å². The summed E-state index contributed by atoms with van der Waals surface area (Å²) in [5.74, 6) is 0.786. The van der Waals surface area contributed by atoms with Crippen LogP contribution in [0.15, 0.2) is 52.4 Å². The van der Waals surface area contributed by atoms with Gasteiger partial charge in [-0.25, -0.2) is 4.98 Å². The molecule has 0 saturated heterocycles. The molecule has 0 unspecified atom stereocenters. The molecular weight excluding hydrogens is 360 g/mol. The summed E-state index contributed by atoms with van der Waals surface area (Å²) in [6, 6.07) is 10.3. The van der Waals surface area contributed by atoms with Crippen molar-refractivity contribution in [1.29, 1.82) is 0 Å². The Bertz CT molecular complexity index is 1020. The van der Waals surface area contributed by atoms with Gasteiger partial charge in [-0.05, 0) is 43.7 Å². The fraction of sp³-hybridized carbons (Fsp3) is 0.333. The molecule has 2 heterocycles. The Kier molecular flexibility index (Phi) is 5.00. The SMILES string of the molecule is C=C(C)CSc1nc2sc3c(c2c(=O)n1CCc1ccccc1)CCC3. The molecule has 4 rings (SSSR count). The molecule has 5 heteroatoms. The van der Waals surface area contributed by atoms with Crippen molar-refractivity contribution in [2.24, 2.45) is 0 Å². The van der Waals surface area contributed by atoms with Gasteiger partial charge in [-0.1, -0.05) is 54.2 Å². The van der Waals surface area contributed by atoms with E-state index in [0.717, 1.165) is 52.4 Å². The number of hydrogen-bond acceptors (Lipinski definition) is 4. The number of nitrogens with zero attached hydrogens (tertiary/aromatic N) is 2. The molecule has 2 aromatic heterocycles. The average molecular weight is 383 g/mol. The second-order valence-corrected chi connectivity index (χ2v) is 8.90. The zero-order chi connectivity index (χ0) is 18.1. The average Bonchev–Trinajstić information content (AvgIpc) is 3.20. The van der Waals surface area contributed by atoms with Gasteiger partial charge in [0.25, 0.3) is 5.56 Å². The lowest BCUT2D eigenvalue weighted by atomic mass is 10.1. The molecule has 1 aliphatic carbocycles. The van der Waals surface area contributed by atoms with E-state index in [1.807, 2.05) is 29.7 Å². The van der Waals surface area contributed by atoms with Crippen molar-refractivity contribution < 1.29 is 0 Å². The Morgan fingerprint density at radius 3 is 2.88 bits per heavy atom. The Morgan fingerprint density at radius 2 is 2.12 bits per heavy atom. The summed E-state index contributed by atoms with van der Waals surface area (Å²) >= 11 is 3.33. The molecule has 0 saturated carbocycles. The van der Waals surface area contributed by atoms with Gasteiger partial charge in [0.2, 0.25) is 0 Å². The van der Waals surface area contributed by atoms with E-state index in [4.69, 9.17) is 4.98 Å². The Labute approximate surface area is 161 Å². The highest BCUT2D eigenvalue weighted by Crippen LogP contribution is 2.35. The first-order chi connectivity index (χ1) is 12.6. The van der Waals surface area contributed by atoms with Crippen LogP contribution >= 0.6 is 23.1 Å². The second kappa shape index (κ2) is 7.41. The predicted molar refractivity (Wildman–Crippen MR) is 112 cm³/mol. The maximum Gasteiger partial charge on any atom is 0.263 e. The third-order valence-corrected chi connectivity index (χ3v) is 7.10. The molecule has 3 aromatic rings. The van der Waals surface area contributed by atoms with Crippen LogP contribution in [0.5, 0.6) is 0 Å². The van der Waals surface area contributed by atoms with Gasteiger partial charge in [0, 0.05) is 17.2 Å². The van der Waals surface area contributed by atoms with Crippen LogP contribution in [0.3, 0.4) is 0 Å². The number of hydrogen-bond donors (Lipinski definition) is 0. The van der Waals surface area contributed by atoms with Crippen LogP contribution < -0.4 is 5.56 Å². The highest BCUT2D eigenvalue weighted by molar-refractivity contribution is 7.99. The lowest BCUT2D eigenvalue weighted by molar-refractivity contribution is 0.596. The fourth-order valence-corrected chi connectivity index (χ4v) is 5.61. The zero-order valence-corrected chi connectivity index (χ0v) is 16.6. The number of thioether (sulfide) groups is 1. The van der Waals surface area contributed by atoms with E-state index in [2.05, 4.69) is 18.7 Å². The van der Waals surface area contributed by atoms with Crippen LogP contribution in [0.2, 0.25) is 0 Å². The van der Waals surface area contributed by atoms with Gasteiger partial charge in [0.05, 0.1) is 5.39 Å². The Hall–Kier alpha value is -1.85. The molecule has 0 fully saturated rings. The van der Waals surface area contributed by atoms with Crippen molar-refractivity contribution in [3.63, 3.8) is 0 Å². The van der Waals surface area contributed by atoms with Gasteiger partial charge in [-0.3, -0.25) is 9.36 Å². The quantitative estimate of drug-likeness (QED) is 0.347. The molecule has 0 aliphatic heterocycles. The van der Waals surface area contributed by atoms with Gasteiger partial charge >= 0.3 is 0 Å². The zero-order valence-electron chi connectivity index (χ0n) is 15.0. The van der Waals surface area contributed by atoms with Gasteiger partial charge in [0.1, 0.15) is 4.83 Å².